The summed E-state index contributed by atoms with van der Waals surface area (Å²) in [6.07, 6.45) is -4.56. The third-order valence-electron chi connectivity index (χ3n) is 3.09. The minimum absolute atomic E-state index is 0.165. The van der Waals surface area contributed by atoms with Gasteiger partial charge in [0.15, 0.2) is 0 Å². The fourth-order valence-electron chi connectivity index (χ4n) is 1.77. The van der Waals surface area contributed by atoms with E-state index in [1.165, 1.54) is 13.8 Å². The number of sulfonamides is 1. The molecule has 0 aliphatic heterocycles. The van der Waals surface area contributed by atoms with Crippen molar-refractivity contribution >= 4 is 21.9 Å². The summed E-state index contributed by atoms with van der Waals surface area (Å²) in [6.45, 7) is 1.53. The molecule has 0 aromatic heterocycles. The SMILES string of the molecule is CC(C)[C@H](NS(=O)(=O)c1ccc(C(=O)NCC(F)(F)F)cc1)C(=O)O. The quantitative estimate of drug-likeness (QED) is 0.659. The van der Waals surface area contributed by atoms with Crippen LogP contribution < -0.4 is 10.0 Å². The van der Waals surface area contributed by atoms with Crippen LogP contribution in [0.25, 0.3) is 0 Å². The van der Waals surface area contributed by atoms with Gasteiger partial charge in [-0.1, -0.05) is 13.8 Å². The molecule has 0 aliphatic carbocycles. The normalized spacial score (nSPS) is 13.5. The molecule has 1 aromatic carbocycles. The molecule has 7 nitrogen and oxygen atoms in total. The summed E-state index contributed by atoms with van der Waals surface area (Å²) in [6, 6.07) is 2.73. The van der Waals surface area contributed by atoms with Gasteiger partial charge in [0.1, 0.15) is 12.6 Å². The lowest BCUT2D eigenvalue weighted by atomic mass is 10.1. The van der Waals surface area contributed by atoms with Gasteiger partial charge in [-0.15, -0.1) is 0 Å². The van der Waals surface area contributed by atoms with Gasteiger partial charge in [0, 0.05) is 5.56 Å². The zero-order valence-electron chi connectivity index (χ0n) is 13.3. The average Bonchev–Trinajstić information content (AvgIpc) is 2.49. The van der Waals surface area contributed by atoms with Crippen LogP contribution in [-0.2, 0) is 14.8 Å². The molecular weight excluding hydrogens is 365 g/mol. The molecule has 1 rings (SSSR count). The minimum atomic E-state index is -4.56. The molecule has 0 bridgehead atoms. The van der Waals surface area contributed by atoms with Crippen molar-refractivity contribution < 1.29 is 36.3 Å². The fourth-order valence-corrected chi connectivity index (χ4v) is 3.11. The van der Waals surface area contributed by atoms with Crippen molar-refractivity contribution in [2.45, 2.75) is 31.0 Å². The maximum absolute atomic E-state index is 12.2. The van der Waals surface area contributed by atoms with E-state index >= 15 is 0 Å². The Balaban J connectivity index is 2.90. The van der Waals surface area contributed by atoms with Crippen molar-refractivity contribution in [1.82, 2.24) is 10.0 Å². The van der Waals surface area contributed by atoms with E-state index in [-0.39, 0.29) is 10.5 Å². The zero-order valence-corrected chi connectivity index (χ0v) is 14.1. The second-order valence-corrected chi connectivity index (χ2v) is 7.22. The Morgan fingerprint density at radius 2 is 1.68 bits per heavy atom. The fraction of sp³-hybridized carbons (Fsp3) is 0.429. The molecule has 1 atom stereocenters. The number of rotatable bonds is 7. The smallest absolute Gasteiger partial charge is 0.405 e. The van der Waals surface area contributed by atoms with E-state index in [2.05, 4.69) is 0 Å². The number of alkyl halides is 3. The topological polar surface area (TPSA) is 113 Å². The number of carboxylic acid groups (broad SMARTS) is 1. The summed E-state index contributed by atoms with van der Waals surface area (Å²) >= 11 is 0. The molecule has 0 saturated carbocycles. The number of aliphatic carboxylic acids is 1. The standard InChI is InChI=1S/C14H17F3N2O5S/c1-8(2)11(13(21)22)19-25(23,24)10-5-3-9(4-6-10)12(20)18-7-14(15,16)17/h3-6,8,11,19H,7H2,1-2H3,(H,18,20)(H,21,22)/t11-/m0/s1. The monoisotopic (exact) mass is 382 g/mol. The van der Waals surface area contributed by atoms with Crippen LogP contribution in [0, 0.1) is 5.92 Å². The number of carboxylic acids is 1. The summed E-state index contributed by atoms with van der Waals surface area (Å²) in [4.78, 5) is 22.3. The number of halogens is 3. The van der Waals surface area contributed by atoms with Gasteiger partial charge in [-0.25, -0.2) is 8.42 Å². The van der Waals surface area contributed by atoms with E-state index in [1.54, 1.807) is 5.32 Å². The van der Waals surface area contributed by atoms with Crippen molar-refractivity contribution in [3.8, 4) is 0 Å². The molecule has 0 saturated heterocycles. The first-order chi connectivity index (χ1) is 11.3. The van der Waals surface area contributed by atoms with Crippen LogP contribution in [0.3, 0.4) is 0 Å². The van der Waals surface area contributed by atoms with Gasteiger partial charge in [0.25, 0.3) is 5.91 Å². The molecule has 11 heteroatoms. The predicted molar refractivity (Wildman–Crippen MR) is 81.4 cm³/mol. The highest BCUT2D eigenvalue weighted by molar-refractivity contribution is 7.89. The van der Waals surface area contributed by atoms with Gasteiger partial charge >= 0.3 is 12.1 Å². The summed E-state index contributed by atoms with van der Waals surface area (Å²) in [5.74, 6) is -2.87. The molecule has 0 spiro atoms. The van der Waals surface area contributed by atoms with Gasteiger partial charge in [0.05, 0.1) is 4.90 Å². The van der Waals surface area contributed by atoms with E-state index in [1.807, 2.05) is 4.72 Å². The number of benzene rings is 1. The van der Waals surface area contributed by atoms with Crippen molar-refractivity contribution in [2.75, 3.05) is 6.54 Å². The number of hydrogen-bond donors (Lipinski definition) is 3. The Kier molecular flexibility index (Phi) is 6.54. The van der Waals surface area contributed by atoms with E-state index in [4.69, 9.17) is 5.11 Å². The second kappa shape index (κ2) is 7.83. The van der Waals surface area contributed by atoms with Crippen molar-refractivity contribution in [1.29, 1.82) is 0 Å². The first kappa shape index (κ1) is 20.9. The maximum Gasteiger partial charge on any atom is 0.405 e. The van der Waals surface area contributed by atoms with E-state index in [9.17, 15) is 31.2 Å². The van der Waals surface area contributed by atoms with Gasteiger partial charge in [0.2, 0.25) is 10.0 Å². The minimum Gasteiger partial charge on any atom is -0.480 e. The van der Waals surface area contributed by atoms with Gasteiger partial charge in [-0.3, -0.25) is 9.59 Å². The Hall–Kier alpha value is -2.14. The van der Waals surface area contributed by atoms with E-state index in [0.717, 1.165) is 24.3 Å². The molecule has 0 radical (unpaired) electrons. The first-order valence-corrected chi connectivity index (χ1v) is 8.52. The third-order valence-corrected chi connectivity index (χ3v) is 4.55. The third kappa shape index (κ3) is 6.35. The van der Waals surface area contributed by atoms with Crippen LogP contribution in [-0.4, -0.2) is 44.2 Å². The molecule has 0 fully saturated rings. The second-order valence-electron chi connectivity index (χ2n) is 5.50. The lowest BCUT2D eigenvalue weighted by Crippen LogP contribution is -2.44. The number of hydrogen-bond acceptors (Lipinski definition) is 4. The Morgan fingerprint density at radius 3 is 2.08 bits per heavy atom. The van der Waals surface area contributed by atoms with Crippen LogP contribution in [0.2, 0.25) is 0 Å². The van der Waals surface area contributed by atoms with Gasteiger partial charge in [-0.05, 0) is 30.2 Å². The lowest BCUT2D eigenvalue weighted by Gasteiger charge is -2.18. The number of amides is 1. The van der Waals surface area contributed by atoms with Gasteiger partial charge < -0.3 is 10.4 Å². The van der Waals surface area contributed by atoms with Crippen LogP contribution in [0.15, 0.2) is 29.2 Å². The van der Waals surface area contributed by atoms with Gasteiger partial charge in [-0.2, -0.15) is 17.9 Å². The van der Waals surface area contributed by atoms with Crippen LogP contribution in [0.1, 0.15) is 24.2 Å². The van der Waals surface area contributed by atoms with Crippen molar-refractivity contribution in [2.24, 2.45) is 5.92 Å². The highest BCUT2D eigenvalue weighted by Gasteiger charge is 2.29. The lowest BCUT2D eigenvalue weighted by molar-refractivity contribution is -0.140. The zero-order chi connectivity index (χ0) is 19.4. The van der Waals surface area contributed by atoms with Crippen LogP contribution in [0.5, 0.6) is 0 Å². The molecule has 0 unspecified atom stereocenters. The van der Waals surface area contributed by atoms with Crippen LogP contribution >= 0.6 is 0 Å². The Bertz CT molecular complexity index is 730. The molecule has 0 heterocycles. The first-order valence-electron chi connectivity index (χ1n) is 7.03. The summed E-state index contributed by atoms with van der Waals surface area (Å²) in [7, 11) is -4.17. The van der Waals surface area contributed by atoms with Crippen molar-refractivity contribution in [3.63, 3.8) is 0 Å². The van der Waals surface area contributed by atoms with Crippen LogP contribution in [0.4, 0.5) is 13.2 Å². The highest BCUT2D eigenvalue weighted by Crippen LogP contribution is 2.15. The van der Waals surface area contributed by atoms with E-state index < -0.39 is 46.6 Å². The number of carbonyl (C=O) groups is 2. The van der Waals surface area contributed by atoms with Crippen molar-refractivity contribution in [3.05, 3.63) is 29.8 Å². The molecule has 1 amide bonds. The summed E-state index contributed by atoms with van der Waals surface area (Å²) in [5, 5.41) is 10.7. The molecule has 3 N–H and O–H groups in total. The highest BCUT2D eigenvalue weighted by atomic mass is 32.2. The number of carbonyl (C=O) groups excluding carboxylic acids is 1. The summed E-state index contributed by atoms with van der Waals surface area (Å²) < 4.78 is 62.5. The predicted octanol–water partition coefficient (Wildman–Crippen LogP) is 1.37. The number of nitrogens with one attached hydrogen (secondary N) is 2. The molecule has 25 heavy (non-hydrogen) atoms. The molecular formula is C14H17F3N2O5S. The molecule has 1 aromatic rings. The average molecular weight is 382 g/mol. The Morgan fingerprint density at radius 1 is 1.16 bits per heavy atom. The maximum atomic E-state index is 12.2. The van der Waals surface area contributed by atoms with E-state index in [0.29, 0.717) is 0 Å². The Labute approximate surface area is 142 Å². The summed E-state index contributed by atoms with van der Waals surface area (Å²) in [5.41, 5.74) is -0.165. The largest absolute Gasteiger partial charge is 0.480 e. The molecule has 0 aliphatic rings. The molecule has 140 valence electrons.